The first kappa shape index (κ1) is 20.4. The zero-order valence-corrected chi connectivity index (χ0v) is 18.4. The topological polar surface area (TPSA) is 111 Å². The number of carbonyl (C=O) groups excluding carboxylic acids is 1. The van der Waals surface area contributed by atoms with Crippen LogP contribution in [0.15, 0.2) is 47.6 Å². The molecule has 4 aromatic rings. The van der Waals surface area contributed by atoms with E-state index in [2.05, 4.69) is 18.5 Å². The first-order chi connectivity index (χ1) is 14.4. The first-order valence-corrected chi connectivity index (χ1v) is 11.9. The molecule has 3 heterocycles. The Morgan fingerprint density at radius 3 is 2.77 bits per heavy atom. The van der Waals surface area contributed by atoms with Gasteiger partial charge in [-0.1, -0.05) is 12.1 Å². The Bertz CT molecular complexity index is 1330. The number of esters is 1. The molecular formula is C19H16N4O4S3. The van der Waals surface area contributed by atoms with Crippen LogP contribution in [-0.2, 0) is 14.8 Å². The van der Waals surface area contributed by atoms with Crippen LogP contribution in [0.1, 0.15) is 22.8 Å². The van der Waals surface area contributed by atoms with Gasteiger partial charge in [0, 0.05) is 22.8 Å². The first-order valence-electron chi connectivity index (χ1n) is 8.87. The van der Waals surface area contributed by atoms with Gasteiger partial charge in [-0.3, -0.25) is 9.71 Å². The lowest BCUT2D eigenvalue weighted by molar-refractivity contribution is 0.0527. The van der Waals surface area contributed by atoms with Gasteiger partial charge in [-0.15, -0.1) is 11.3 Å². The molecule has 0 spiro atoms. The summed E-state index contributed by atoms with van der Waals surface area (Å²) in [6.07, 6.45) is 3.30. The average molecular weight is 461 g/mol. The number of anilines is 1. The number of rotatable bonds is 6. The number of hydrogen-bond acceptors (Lipinski definition) is 9. The summed E-state index contributed by atoms with van der Waals surface area (Å²) in [5.41, 5.74) is 2.37. The lowest BCUT2D eigenvalue weighted by Gasteiger charge is -2.09. The smallest absolute Gasteiger partial charge is 0.341 e. The number of hydrogen-bond donors (Lipinski definition) is 1. The number of thiophene rings is 1. The lowest BCUT2D eigenvalue weighted by atomic mass is 10.1. The molecule has 0 aliphatic rings. The highest BCUT2D eigenvalue weighted by atomic mass is 32.2. The summed E-state index contributed by atoms with van der Waals surface area (Å²) in [4.78, 5) is 17.5. The monoisotopic (exact) mass is 460 g/mol. The third-order valence-electron chi connectivity index (χ3n) is 4.32. The van der Waals surface area contributed by atoms with E-state index in [1.165, 1.54) is 6.07 Å². The van der Waals surface area contributed by atoms with E-state index in [1.54, 1.807) is 44.4 Å². The highest BCUT2D eigenvalue weighted by Crippen LogP contribution is 2.41. The third-order valence-corrected chi connectivity index (χ3v) is 7.63. The maximum atomic E-state index is 13.2. The van der Waals surface area contributed by atoms with Crippen LogP contribution in [0.5, 0.6) is 0 Å². The number of nitrogens with one attached hydrogen (secondary N) is 1. The van der Waals surface area contributed by atoms with E-state index in [9.17, 15) is 13.2 Å². The predicted octanol–water partition coefficient (Wildman–Crippen LogP) is 4.10. The fraction of sp³-hybridized carbons (Fsp3) is 0.158. The molecule has 0 radical (unpaired) electrons. The fourth-order valence-corrected chi connectivity index (χ4v) is 6.24. The average Bonchev–Trinajstić information content (AvgIpc) is 3.32. The normalized spacial score (nSPS) is 11.5. The van der Waals surface area contributed by atoms with E-state index in [-0.39, 0.29) is 27.6 Å². The molecule has 0 saturated heterocycles. The van der Waals surface area contributed by atoms with Crippen molar-refractivity contribution < 1.29 is 17.9 Å². The Hall–Kier alpha value is -2.89. The van der Waals surface area contributed by atoms with Crippen molar-refractivity contribution in [3.05, 3.63) is 53.9 Å². The molecular weight excluding hydrogens is 444 g/mol. The Labute approximate surface area is 180 Å². The lowest BCUT2D eigenvalue weighted by Crippen LogP contribution is -2.16. The van der Waals surface area contributed by atoms with Crippen molar-refractivity contribution >= 4 is 55.1 Å². The van der Waals surface area contributed by atoms with E-state index in [0.29, 0.717) is 11.1 Å². The molecule has 3 aromatic heterocycles. The summed E-state index contributed by atoms with van der Waals surface area (Å²) in [5.74, 6) is -0.590. The molecule has 0 aliphatic heterocycles. The molecule has 11 heteroatoms. The number of aromatic nitrogens is 3. The zero-order valence-electron chi connectivity index (χ0n) is 15.9. The number of benzene rings is 1. The number of nitrogens with zero attached hydrogens (tertiary/aromatic N) is 3. The summed E-state index contributed by atoms with van der Waals surface area (Å²) < 4.78 is 42.3. The molecule has 4 rings (SSSR count). The van der Waals surface area contributed by atoms with Crippen molar-refractivity contribution in [1.82, 2.24) is 13.7 Å². The van der Waals surface area contributed by atoms with Crippen molar-refractivity contribution in [2.45, 2.75) is 18.7 Å². The van der Waals surface area contributed by atoms with E-state index in [1.807, 2.05) is 6.07 Å². The van der Waals surface area contributed by atoms with Crippen LogP contribution in [-0.4, -0.2) is 34.7 Å². The summed E-state index contributed by atoms with van der Waals surface area (Å²) in [6.45, 7) is 3.63. The second-order valence-corrected chi connectivity index (χ2v) is 9.42. The summed E-state index contributed by atoms with van der Waals surface area (Å²) >= 11 is 2.10. The van der Waals surface area contributed by atoms with Gasteiger partial charge in [0.15, 0.2) is 0 Å². The van der Waals surface area contributed by atoms with Gasteiger partial charge in [0.2, 0.25) is 0 Å². The van der Waals surface area contributed by atoms with E-state index >= 15 is 0 Å². The predicted molar refractivity (Wildman–Crippen MR) is 116 cm³/mol. The maximum absolute atomic E-state index is 13.2. The van der Waals surface area contributed by atoms with Crippen LogP contribution in [0.3, 0.4) is 0 Å². The molecule has 8 nitrogen and oxygen atoms in total. The second kappa shape index (κ2) is 8.09. The number of ether oxygens (including phenoxy) is 1. The number of pyridine rings is 1. The molecule has 1 aromatic carbocycles. The van der Waals surface area contributed by atoms with Gasteiger partial charge in [0.05, 0.1) is 23.9 Å². The van der Waals surface area contributed by atoms with Gasteiger partial charge in [0.25, 0.3) is 10.0 Å². The minimum atomic E-state index is -4.03. The summed E-state index contributed by atoms with van der Waals surface area (Å²) in [7, 11) is -4.03. The van der Waals surface area contributed by atoms with Crippen LogP contribution < -0.4 is 4.72 Å². The van der Waals surface area contributed by atoms with Crippen molar-refractivity contribution in [2.75, 3.05) is 11.3 Å². The SMILES string of the molecule is CCOC(=O)c1c(NS(=O)(=O)c2cccc3nsnc23)sc(-c2cccnc2)c1C. The molecule has 154 valence electrons. The van der Waals surface area contributed by atoms with Gasteiger partial charge in [-0.25, -0.2) is 13.2 Å². The minimum absolute atomic E-state index is 0.00228. The van der Waals surface area contributed by atoms with E-state index in [4.69, 9.17) is 4.74 Å². The van der Waals surface area contributed by atoms with Gasteiger partial charge in [-0.05, 0) is 37.6 Å². The second-order valence-electron chi connectivity index (χ2n) is 6.22. The molecule has 0 saturated carbocycles. The highest BCUT2D eigenvalue weighted by Gasteiger charge is 2.28. The quantitative estimate of drug-likeness (QED) is 0.431. The molecule has 1 N–H and O–H groups in total. The van der Waals surface area contributed by atoms with E-state index in [0.717, 1.165) is 33.5 Å². The van der Waals surface area contributed by atoms with Gasteiger partial charge < -0.3 is 4.74 Å². The number of fused-ring (bicyclic) bond motifs is 1. The van der Waals surface area contributed by atoms with Gasteiger partial charge in [-0.2, -0.15) is 8.75 Å². The fourth-order valence-electron chi connectivity index (χ4n) is 2.98. The largest absolute Gasteiger partial charge is 0.462 e. The Balaban J connectivity index is 1.83. The third kappa shape index (κ3) is 3.66. The minimum Gasteiger partial charge on any atom is -0.462 e. The molecule has 0 amide bonds. The molecule has 0 bridgehead atoms. The Morgan fingerprint density at radius 1 is 1.20 bits per heavy atom. The van der Waals surface area contributed by atoms with Gasteiger partial charge in [0.1, 0.15) is 20.9 Å². The van der Waals surface area contributed by atoms with E-state index < -0.39 is 16.0 Å². The summed E-state index contributed by atoms with van der Waals surface area (Å²) in [6, 6.07) is 8.38. The number of carbonyl (C=O) groups is 1. The maximum Gasteiger partial charge on any atom is 0.341 e. The Morgan fingerprint density at radius 2 is 2.03 bits per heavy atom. The zero-order chi connectivity index (χ0) is 21.3. The molecule has 0 unspecified atom stereocenters. The molecule has 0 aliphatic carbocycles. The standard InChI is InChI=1S/C19H16N4O4S3/c1-3-27-19(24)15-11(2)17(12-6-5-9-20-10-12)28-18(15)23-30(25,26)14-8-4-7-13-16(14)22-29-21-13/h4-10,23H,3H2,1-2H3. The van der Waals surface area contributed by atoms with Crippen molar-refractivity contribution in [2.24, 2.45) is 0 Å². The molecule has 30 heavy (non-hydrogen) atoms. The van der Waals surface area contributed by atoms with Crippen LogP contribution in [0.25, 0.3) is 21.5 Å². The van der Waals surface area contributed by atoms with Crippen molar-refractivity contribution in [3.8, 4) is 10.4 Å². The summed E-state index contributed by atoms with van der Waals surface area (Å²) in [5, 5.41) is 0.185. The number of sulfonamides is 1. The Kier molecular flexibility index (Phi) is 5.50. The molecule has 0 fully saturated rings. The van der Waals surface area contributed by atoms with Crippen LogP contribution in [0, 0.1) is 6.92 Å². The van der Waals surface area contributed by atoms with Crippen LogP contribution in [0.4, 0.5) is 5.00 Å². The highest BCUT2D eigenvalue weighted by molar-refractivity contribution is 7.93. The van der Waals surface area contributed by atoms with Crippen molar-refractivity contribution in [3.63, 3.8) is 0 Å². The van der Waals surface area contributed by atoms with Gasteiger partial charge >= 0.3 is 5.97 Å². The molecule has 0 atom stereocenters. The van der Waals surface area contributed by atoms with Crippen LogP contribution >= 0.6 is 23.1 Å². The van der Waals surface area contributed by atoms with Crippen LogP contribution in [0.2, 0.25) is 0 Å². The van der Waals surface area contributed by atoms with Crippen molar-refractivity contribution in [1.29, 1.82) is 0 Å².